The molecule has 6 heteroatoms. The maximum absolute atomic E-state index is 13.5. The Labute approximate surface area is 166 Å². The lowest BCUT2D eigenvalue weighted by Gasteiger charge is -2.66. The van der Waals surface area contributed by atoms with Gasteiger partial charge in [0.2, 0.25) is 5.78 Å². The summed E-state index contributed by atoms with van der Waals surface area (Å²) in [5.74, 6) is -2.29. The van der Waals surface area contributed by atoms with E-state index in [4.69, 9.17) is 0 Å². The van der Waals surface area contributed by atoms with Gasteiger partial charge in [0.1, 0.15) is 0 Å². The molecule has 3 aliphatic rings. The Morgan fingerprint density at radius 3 is 2.43 bits per heavy atom. The minimum absolute atomic E-state index is 0.0604. The third-order valence-electron chi connectivity index (χ3n) is 9.58. The molecule has 6 nitrogen and oxygen atoms in total. The molecule has 0 aromatic rings. The SMILES string of the molecule is C=C[C@]1(C)C[C@@H](O)[C@]2(C)[C@@H](C)CC[C@]3(CC(=[N+]=[N-])C(=O)[C@]32C)[C@H](C)[C@@H]1C(=O)O. The van der Waals surface area contributed by atoms with Crippen molar-refractivity contribution in [3.8, 4) is 0 Å². The fraction of sp³-hybridized carbons (Fsp3) is 0.773. The van der Waals surface area contributed by atoms with Crippen molar-refractivity contribution in [1.82, 2.24) is 0 Å². The van der Waals surface area contributed by atoms with Gasteiger partial charge in [-0.15, -0.1) is 6.58 Å². The maximum Gasteiger partial charge on any atom is 0.335 e. The van der Waals surface area contributed by atoms with Crippen LogP contribution in [0, 0.1) is 39.4 Å². The van der Waals surface area contributed by atoms with E-state index in [0.717, 1.165) is 6.42 Å². The van der Waals surface area contributed by atoms with Crippen LogP contribution in [0.15, 0.2) is 12.7 Å². The number of rotatable bonds is 2. The second-order valence-corrected chi connectivity index (χ2v) is 10.1. The molecule has 28 heavy (non-hydrogen) atoms. The average molecular weight is 389 g/mol. The second-order valence-electron chi connectivity index (χ2n) is 10.1. The van der Waals surface area contributed by atoms with Crippen molar-refractivity contribution in [3.63, 3.8) is 0 Å². The molecule has 3 fully saturated rings. The minimum atomic E-state index is -1.01. The summed E-state index contributed by atoms with van der Waals surface area (Å²) < 4.78 is 0. The van der Waals surface area contributed by atoms with E-state index in [1.54, 1.807) is 6.08 Å². The molecular weight excluding hydrogens is 356 g/mol. The Morgan fingerprint density at radius 1 is 1.32 bits per heavy atom. The molecule has 0 heterocycles. The quantitative estimate of drug-likeness (QED) is 0.429. The topological polar surface area (TPSA) is 111 Å². The molecule has 0 aromatic carbocycles. The predicted molar refractivity (Wildman–Crippen MR) is 105 cm³/mol. The van der Waals surface area contributed by atoms with Gasteiger partial charge < -0.3 is 15.7 Å². The van der Waals surface area contributed by atoms with Crippen LogP contribution in [0.2, 0.25) is 0 Å². The number of aliphatic hydroxyl groups excluding tert-OH is 1. The number of carboxylic acids is 1. The fourth-order valence-corrected chi connectivity index (χ4v) is 7.40. The van der Waals surface area contributed by atoms with Crippen LogP contribution in [-0.4, -0.2) is 38.6 Å². The van der Waals surface area contributed by atoms with Crippen molar-refractivity contribution < 1.29 is 24.6 Å². The molecule has 2 bridgehead atoms. The van der Waals surface area contributed by atoms with Crippen LogP contribution in [0.1, 0.15) is 60.3 Å². The van der Waals surface area contributed by atoms with Gasteiger partial charge in [0.25, 0.3) is 0 Å². The lowest BCUT2D eigenvalue weighted by molar-refractivity contribution is -0.223. The number of allylic oxidation sites excluding steroid dienone is 1. The Kier molecular flexibility index (Phi) is 4.57. The molecule has 0 radical (unpaired) electrons. The first kappa shape index (κ1) is 20.9. The van der Waals surface area contributed by atoms with Crippen LogP contribution in [0.25, 0.3) is 5.53 Å². The summed E-state index contributed by atoms with van der Waals surface area (Å²) in [7, 11) is 0. The Balaban J connectivity index is 2.41. The van der Waals surface area contributed by atoms with E-state index in [1.807, 2.05) is 27.7 Å². The maximum atomic E-state index is 13.5. The predicted octanol–water partition coefficient (Wildman–Crippen LogP) is 3.35. The number of carbonyl (C=O) groups is 2. The Morgan fingerprint density at radius 2 is 1.93 bits per heavy atom. The zero-order valence-electron chi connectivity index (χ0n) is 17.5. The van der Waals surface area contributed by atoms with Crippen molar-refractivity contribution in [2.45, 2.75) is 66.4 Å². The van der Waals surface area contributed by atoms with E-state index >= 15 is 0 Å². The van der Waals surface area contributed by atoms with E-state index in [2.05, 4.69) is 18.3 Å². The van der Waals surface area contributed by atoms with Gasteiger partial charge in [-0.05, 0) is 36.5 Å². The Bertz CT molecular complexity index is 802. The lowest BCUT2D eigenvalue weighted by Crippen LogP contribution is -2.67. The van der Waals surface area contributed by atoms with Gasteiger partial charge in [-0.1, -0.05) is 40.7 Å². The van der Waals surface area contributed by atoms with Crippen molar-refractivity contribution in [2.75, 3.05) is 0 Å². The molecule has 3 aliphatic carbocycles. The zero-order chi connectivity index (χ0) is 21.3. The van der Waals surface area contributed by atoms with Gasteiger partial charge >= 0.3 is 11.7 Å². The van der Waals surface area contributed by atoms with E-state index < -0.39 is 39.7 Å². The molecule has 0 aromatic heterocycles. The molecule has 8 atom stereocenters. The van der Waals surface area contributed by atoms with E-state index in [0.29, 0.717) is 6.42 Å². The molecule has 0 unspecified atom stereocenters. The monoisotopic (exact) mass is 388 g/mol. The second kappa shape index (κ2) is 6.11. The van der Waals surface area contributed by atoms with Crippen molar-refractivity contribution in [2.24, 2.45) is 39.4 Å². The van der Waals surface area contributed by atoms with Gasteiger partial charge in [-0.25, -0.2) is 0 Å². The summed E-state index contributed by atoms with van der Waals surface area (Å²) in [6.45, 7) is 13.6. The number of ketones is 1. The first-order valence-electron chi connectivity index (χ1n) is 10.2. The fourth-order valence-electron chi connectivity index (χ4n) is 7.40. The molecule has 0 aliphatic heterocycles. The van der Waals surface area contributed by atoms with Crippen LogP contribution in [0.4, 0.5) is 0 Å². The van der Waals surface area contributed by atoms with E-state index in [1.165, 1.54) is 0 Å². The third kappa shape index (κ3) is 2.08. The van der Waals surface area contributed by atoms with E-state index in [9.17, 15) is 25.3 Å². The molecule has 2 N–H and O–H groups in total. The molecule has 154 valence electrons. The molecule has 3 saturated carbocycles. The summed E-state index contributed by atoms with van der Waals surface area (Å²) in [5, 5.41) is 21.7. The van der Waals surface area contributed by atoms with Crippen molar-refractivity contribution >= 4 is 17.5 Å². The van der Waals surface area contributed by atoms with Gasteiger partial charge in [0, 0.05) is 10.8 Å². The molecule has 0 spiro atoms. The molecular formula is C22H32N2O4. The highest BCUT2D eigenvalue weighted by atomic mass is 16.4. The lowest BCUT2D eigenvalue weighted by atomic mass is 9.36. The highest BCUT2D eigenvalue weighted by Crippen LogP contribution is 2.73. The first-order valence-corrected chi connectivity index (χ1v) is 10.2. The number of aliphatic carboxylic acids is 1. The molecule has 0 amide bonds. The number of nitrogens with zero attached hydrogens (tertiary/aromatic N) is 2. The van der Waals surface area contributed by atoms with Crippen LogP contribution in [0.5, 0.6) is 0 Å². The minimum Gasteiger partial charge on any atom is -0.481 e. The molecule has 3 rings (SSSR count). The largest absolute Gasteiger partial charge is 0.481 e. The molecule has 0 saturated heterocycles. The Hall–Kier alpha value is -1.78. The van der Waals surface area contributed by atoms with Crippen LogP contribution in [0.3, 0.4) is 0 Å². The standard InChI is InChI=1S/C22H32N2O4/c1-7-19(4)11-15(25)20(5)12(2)8-9-22(13(3)16(19)18(27)28)10-14(24-23)17(26)21(20,22)6/h7,12-13,15-16,25H,1,8-11H2,2-6H3,(H,27,28)/t12-,13+,15+,16+,19+,20-,21-,22-/m0/s1. The number of carboxylic acid groups (broad SMARTS) is 1. The summed E-state index contributed by atoms with van der Waals surface area (Å²) in [4.78, 5) is 29.3. The van der Waals surface area contributed by atoms with Crippen LogP contribution >= 0.6 is 0 Å². The van der Waals surface area contributed by atoms with Gasteiger partial charge in [-0.2, -0.15) is 4.79 Å². The summed E-state index contributed by atoms with van der Waals surface area (Å²) in [6, 6.07) is 0. The summed E-state index contributed by atoms with van der Waals surface area (Å²) in [6.07, 6.45) is 2.69. The van der Waals surface area contributed by atoms with Crippen LogP contribution < -0.4 is 0 Å². The number of hydrogen-bond acceptors (Lipinski definition) is 3. The van der Waals surface area contributed by atoms with Gasteiger partial charge in [0.15, 0.2) is 0 Å². The smallest absolute Gasteiger partial charge is 0.335 e. The highest BCUT2D eigenvalue weighted by molar-refractivity contribution is 6.42. The van der Waals surface area contributed by atoms with Gasteiger partial charge in [0.05, 0.1) is 23.9 Å². The number of hydrogen-bond donors (Lipinski definition) is 2. The van der Waals surface area contributed by atoms with Crippen molar-refractivity contribution in [1.29, 1.82) is 0 Å². The van der Waals surface area contributed by atoms with Gasteiger partial charge in [-0.3, -0.25) is 9.59 Å². The zero-order valence-corrected chi connectivity index (χ0v) is 17.5. The summed E-state index contributed by atoms with van der Waals surface area (Å²) in [5.41, 5.74) is 6.37. The number of aliphatic hydroxyl groups is 1. The normalized spacial score (nSPS) is 50.9. The first-order chi connectivity index (χ1) is 12.9. The third-order valence-corrected chi connectivity index (χ3v) is 9.58. The number of Topliss-reactive ketones (excluding diaryl/α,β-unsaturated/α-hetero) is 1. The number of carbonyl (C=O) groups excluding carboxylic acids is 1. The van der Waals surface area contributed by atoms with Crippen molar-refractivity contribution in [3.05, 3.63) is 18.2 Å². The van der Waals surface area contributed by atoms with Crippen LogP contribution in [-0.2, 0) is 9.59 Å². The summed E-state index contributed by atoms with van der Waals surface area (Å²) >= 11 is 0. The average Bonchev–Trinajstić information content (AvgIpc) is 2.87. The highest BCUT2D eigenvalue weighted by Gasteiger charge is 2.78. The van der Waals surface area contributed by atoms with E-state index in [-0.39, 0.29) is 36.2 Å².